The molecule has 17 heavy (non-hydrogen) atoms. The third kappa shape index (κ3) is 2.50. The highest BCUT2D eigenvalue weighted by Crippen LogP contribution is 2.24. The molecule has 0 aromatic carbocycles. The Morgan fingerprint density at radius 3 is 2.94 bits per heavy atom. The van der Waals surface area contributed by atoms with Gasteiger partial charge in [0.2, 0.25) is 0 Å². The molecule has 0 saturated heterocycles. The van der Waals surface area contributed by atoms with E-state index in [-0.39, 0.29) is 0 Å². The number of carbonyl (C=O) groups is 1. The lowest BCUT2D eigenvalue weighted by atomic mass is 10.1. The minimum Gasteiger partial charge on any atom is -0.481 e. The second kappa shape index (κ2) is 5.05. The fraction of sp³-hybridized carbons (Fsp3) is 0.250. The molecule has 0 radical (unpaired) electrons. The molecular formula is C12H12N2O2S. The summed E-state index contributed by atoms with van der Waals surface area (Å²) in [6.45, 7) is 1.82. The van der Waals surface area contributed by atoms with E-state index in [1.54, 1.807) is 23.6 Å². The van der Waals surface area contributed by atoms with Gasteiger partial charge in [0.25, 0.3) is 0 Å². The normalized spacial score (nSPS) is 12.3. The van der Waals surface area contributed by atoms with Crippen LogP contribution in [-0.4, -0.2) is 21.0 Å². The number of nitrogens with zero attached hydrogens (tertiary/aromatic N) is 2. The van der Waals surface area contributed by atoms with Gasteiger partial charge in [-0.1, -0.05) is 13.0 Å². The maximum Gasteiger partial charge on any atom is 0.314 e. The fourth-order valence-electron chi connectivity index (χ4n) is 1.57. The van der Waals surface area contributed by atoms with Gasteiger partial charge in [-0.3, -0.25) is 4.79 Å². The lowest BCUT2D eigenvalue weighted by molar-refractivity contribution is -0.139. The molecule has 0 saturated carbocycles. The Labute approximate surface area is 103 Å². The van der Waals surface area contributed by atoms with Crippen molar-refractivity contribution < 1.29 is 9.90 Å². The van der Waals surface area contributed by atoms with E-state index in [0.717, 1.165) is 10.6 Å². The first kappa shape index (κ1) is 11.7. The van der Waals surface area contributed by atoms with E-state index in [1.165, 1.54) is 0 Å². The van der Waals surface area contributed by atoms with Gasteiger partial charge in [0.15, 0.2) is 0 Å². The van der Waals surface area contributed by atoms with E-state index in [2.05, 4.69) is 9.97 Å². The van der Waals surface area contributed by atoms with Gasteiger partial charge in [-0.05, 0) is 23.9 Å². The first-order valence-electron chi connectivity index (χ1n) is 5.32. The van der Waals surface area contributed by atoms with Crippen LogP contribution in [0.1, 0.15) is 25.1 Å². The fourth-order valence-corrected chi connectivity index (χ4v) is 2.27. The van der Waals surface area contributed by atoms with Crippen molar-refractivity contribution >= 4 is 17.3 Å². The number of carboxylic acid groups (broad SMARTS) is 1. The van der Waals surface area contributed by atoms with Crippen LogP contribution in [0, 0.1) is 0 Å². The minimum absolute atomic E-state index is 0.380. The molecule has 0 aliphatic heterocycles. The summed E-state index contributed by atoms with van der Waals surface area (Å²) < 4.78 is 0. The van der Waals surface area contributed by atoms with Crippen LogP contribution in [0.25, 0.3) is 10.6 Å². The van der Waals surface area contributed by atoms with Crippen LogP contribution in [0.15, 0.2) is 29.8 Å². The summed E-state index contributed by atoms with van der Waals surface area (Å²) >= 11 is 1.57. The van der Waals surface area contributed by atoms with Gasteiger partial charge in [0, 0.05) is 6.20 Å². The molecular weight excluding hydrogens is 236 g/mol. The summed E-state index contributed by atoms with van der Waals surface area (Å²) in [5.74, 6) is -1.13. The number of carboxylic acids is 1. The van der Waals surface area contributed by atoms with Crippen LogP contribution in [0.5, 0.6) is 0 Å². The molecule has 0 spiro atoms. The van der Waals surface area contributed by atoms with Crippen molar-refractivity contribution in [3.05, 3.63) is 35.6 Å². The quantitative estimate of drug-likeness (QED) is 0.903. The van der Waals surface area contributed by atoms with Crippen LogP contribution >= 0.6 is 11.3 Å². The number of aliphatic carboxylic acids is 1. The maximum absolute atomic E-state index is 11.1. The van der Waals surface area contributed by atoms with Gasteiger partial charge in [-0.15, -0.1) is 11.3 Å². The molecule has 0 bridgehead atoms. The van der Waals surface area contributed by atoms with Gasteiger partial charge >= 0.3 is 5.97 Å². The Kier molecular flexibility index (Phi) is 3.49. The van der Waals surface area contributed by atoms with Gasteiger partial charge in [0.05, 0.1) is 10.6 Å². The largest absolute Gasteiger partial charge is 0.481 e. The van der Waals surface area contributed by atoms with E-state index in [4.69, 9.17) is 5.11 Å². The number of aromatic nitrogens is 2. The van der Waals surface area contributed by atoms with Crippen molar-refractivity contribution in [2.24, 2.45) is 0 Å². The van der Waals surface area contributed by atoms with E-state index in [1.807, 2.05) is 24.4 Å². The lowest BCUT2D eigenvalue weighted by Gasteiger charge is -2.08. The standard InChI is InChI=1S/C12H12N2O2S/c1-2-8(12(15)16)11-13-6-5-9(14-11)10-4-3-7-17-10/h3-8H,2H2,1H3,(H,15,16). The number of thiophene rings is 1. The monoisotopic (exact) mass is 248 g/mol. The van der Waals surface area contributed by atoms with Gasteiger partial charge in [-0.2, -0.15) is 0 Å². The van der Waals surface area contributed by atoms with E-state index >= 15 is 0 Å². The minimum atomic E-state index is -0.879. The molecule has 0 fully saturated rings. The van der Waals surface area contributed by atoms with E-state index < -0.39 is 11.9 Å². The highest BCUT2D eigenvalue weighted by Gasteiger charge is 2.20. The van der Waals surface area contributed by atoms with Crippen LogP contribution < -0.4 is 0 Å². The zero-order chi connectivity index (χ0) is 12.3. The molecule has 2 aromatic rings. The molecule has 5 heteroatoms. The average molecular weight is 248 g/mol. The Bertz CT molecular complexity index is 511. The Hall–Kier alpha value is -1.75. The van der Waals surface area contributed by atoms with Crippen LogP contribution in [-0.2, 0) is 4.79 Å². The SMILES string of the molecule is CCC(C(=O)O)c1nccc(-c2cccs2)n1. The zero-order valence-corrected chi connectivity index (χ0v) is 10.1. The second-order valence-corrected chi connectivity index (χ2v) is 4.52. The van der Waals surface area contributed by atoms with E-state index in [9.17, 15) is 4.79 Å². The Balaban J connectivity index is 2.37. The topological polar surface area (TPSA) is 63.1 Å². The van der Waals surface area contributed by atoms with Crippen molar-refractivity contribution in [3.8, 4) is 10.6 Å². The molecule has 2 rings (SSSR count). The number of rotatable bonds is 4. The average Bonchev–Trinajstić information content (AvgIpc) is 2.83. The summed E-state index contributed by atoms with van der Waals surface area (Å²) in [5.41, 5.74) is 0.782. The van der Waals surface area contributed by atoms with Crippen molar-refractivity contribution in [3.63, 3.8) is 0 Å². The predicted octanol–water partition coefficient (Wildman–Crippen LogP) is 2.78. The van der Waals surface area contributed by atoms with Crippen molar-refractivity contribution in [2.45, 2.75) is 19.3 Å². The second-order valence-electron chi connectivity index (χ2n) is 3.58. The Morgan fingerprint density at radius 2 is 2.35 bits per heavy atom. The maximum atomic E-state index is 11.1. The number of hydrogen-bond acceptors (Lipinski definition) is 4. The molecule has 0 amide bonds. The Morgan fingerprint density at radius 1 is 1.53 bits per heavy atom. The predicted molar refractivity (Wildman–Crippen MR) is 66.0 cm³/mol. The van der Waals surface area contributed by atoms with Crippen LogP contribution in [0.2, 0.25) is 0 Å². The van der Waals surface area contributed by atoms with Gasteiger partial charge < -0.3 is 5.11 Å². The third-order valence-electron chi connectivity index (χ3n) is 2.47. The summed E-state index contributed by atoms with van der Waals surface area (Å²) in [4.78, 5) is 20.5. The van der Waals surface area contributed by atoms with Crippen molar-refractivity contribution in [1.82, 2.24) is 9.97 Å². The van der Waals surface area contributed by atoms with Crippen LogP contribution in [0.3, 0.4) is 0 Å². The molecule has 1 unspecified atom stereocenters. The van der Waals surface area contributed by atoms with Crippen LogP contribution in [0.4, 0.5) is 0 Å². The van der Waals surface area contributed by atoms with E-state index in [0.29, 0.717) is 12.2 Å². The molecule has 1 atom stereocenters. The molecule has 2 heterocycles. The third-order valence-corrected chi connectivity index (χ3v) is 3.36. The smallest absolute Gasteiger partial charge is 0.314 e. The molecule has 88 valence electrons. The first-order chi connectivity index (χ1) is 8.22. The first-order valence-corrected chi connectivity index (χ1v) is 6.20. The van der Waals surface area contributed by atoms with Crippen molar-refractivity contribution in [1.29, 1.82) is 0 Å². The highest BCUT2D eigenvalue weighted by molar-refractivity contribution is 7.13. The molecule has 0 aliphatic carbocycles. The summed E-state index contributed by atoms with van der Waals surface area (Å²) in [6.07, 6.45) is 2.10. The molecule has 4 nitrogen and oxygen atoms in total. The summed E-state index contributed by atoms with van der Waals surface area (Å²) in [7, 11) is 0. The summed E-state index contributed by atoms with van der Waals surface area (Å²) in [5, 5.41) is 11.0. The molecule has 1 N–H and O–H groups in total. The molecule has 2 aromatic heterocycles. The summed E-state index contributed by atoms with van der Waals surface area (Å²) in [6, 6.07) is 5.69. The number of hydrogen-bond donors (Lipinski definition) is 1. The van der Waals surface area contributed by atoms with Gasteiger partial charge in [-0.25, -0.2) is 9.97 Å². The molecule has 0 aliphatic rings. The van der Waals surface area contributed by atoms with Crippen molar-refractivity contribution in [2.75, 3.05) is 0 Å². The van der Waals surface area contributed by atoms with Gasteiger partial charge in [0.1, 0.15) is 11.7 Å². The lowest BCUT2D eigenvalue weighted by Crippen LogP contribution is -2.14. The highest BCUT2D eigenvalue weighted by atomic mass is 32.1. The zero-order valence-electron chi connectivity index (χ0n) is 9.33.